The van der Waals surface area contributed by atoms with E-state index < -0.39 is 11.7 Å². The Morgan fingerprint density at radius 2 is 1.76 bits per heavy atom. The third-order valence-corrected chi connectivity index (χ3v) is 2.90. The molecule has 0 heterocycles. The molecule has 1 aromatic rings. The average Bonchev–Trinajstić information content (AvgIpc) is 2.33. The molecule has 0 aromatic heterocycles. The van der Waals surface area contributed by atoms with Crippen LogP contribution in [0.1, 0.15) is 37.5 Å². The summed E-state index contributed by atoms with van der Waals surface area (Å²) in [4.78, 5) is 0. The van der Waals surface area contributed by atoms with Crippen LogP contribution < -0.4 is 4.74 Å². The molecule has 0 atom stereocenters. The van der Waals surface area contributed by atoms with Crippen molar-refractivity contribution in [3.05, 3.63) is 35.4 Å². The van der Waals surface area contributed by atoms with Gasteiger partial charge >= 0.3 is 6.18 Å². The molecule has 2 nitrogen and oxygen atoms in total. The molecule has 0 N–H and O–H groups in total. The number of alkyl halides is 3. The second-order valence-corrected chi connectivity index (χ2v) is 6.09. The summed E-state index contributed by atoms with van der Waals surface area (Å²) in [5.41, 5.74) is -0.320. The van der Waals surface area contributed by atoms with Crippen molar-refractivity contribution >= 4 is 5.76 Å². The number of methoxy groups -OCH3 is 1. The van der Waals surface area contributed by atoms with Crippen LogP contribution >= 0.6 is 0 Å². The average molecular weight is 302 g/mol. The zero-order valence-corrected chi connectivity index (χ0v) is 13.0. The van der Waals surface area contributed by atoms with Crippen LogP contribution in [0.3, 0.4) is 0 Å². The van der Waals surface area contributed by atoms with E-state index in [0.717, 1.165) is 6.07 Å². The monoisotopic (exact) mass is 302 g/mol. The summed E-state index contributed by atoms with van der Waals surface area (Å²) in [5.74, 6) is 0.447. The van der Waals surface area contributed by atoms with Gasteiger partial charge in [-0.2, -0.15) is 13.2 Å². The zero-order valence-electron chi connectivity index (χ0n) is 13.0. The van der Waals surface area contributed by atoms with Crippen molar-refractivity contribution in [2.24, 2.45) is 5.41 Å². The van der Waals surface area contributed by atoms with E-state index in [1.165, 1.54) is 20.1 Å². The number of hydrogen-bond donors (Lipinski definition) is 0. The van der Waals surface area contributed by atoms with Gasteiger partial charge < -0.3 is 9.47 Å². The predicted octanol–water partition coefficient (Wildman–Crippen LogP) is 5.06. The summed E-state index contributed by atoms with van der Waals surface area (Å²) in [6, 6.07) is 2.36. The third-order valence-electron chi connectivity index (χ3n) is 2.90. The Morgan fingerprint density at radius 3 is 2.19 bits per heavy atom. The molecule has 1 rings (SSSR count). The van der Waals surface area contributed by atoms with E-state index >= 15 is 0 Å². The first-order chi connectivity index (χ1) is 9.47. The van der Waals surface area contributed by atoms with Gasteiger partial charge in [0.15, 0.2) is 0 Å². The fourth-order valence-electron chi connectivity index (χ4n) is 1.86. The number of hydrogen-bond acceptors (Lipinski definition) is 2. The molecule has 0 spiro atoms. The van der Waals surface area contributed by atoms with E-state index in [-0.39, 0.29) is 16.7 Å². The molecule has 21 heavy (non-hydrogen) atoms. The molecule has 0 amide bonds. The van der Waals surface area contributed by atoms with Gasteiger partial charge in [-0.25, -0.2) is 0 Å². The minimum Gasteiger partial charge on any atom is -0.496 e. The second-order valence-electron chi connectivity index (χ2n) is 6.09. The topological polar surface area (TPSA) is 18.5 Å². The van der Waals surface area contributed by atoms with E-state index in [0.29, 0.717) is 17.9 Å². The third kappa shape index (κ3) is 4.41. The fraction of sp³-hybridized carbons (Fsp3) is 0.500. The van der Waals surface area contributed by atoms with Crippen molar-refractivity contribution in [3.8, 4) is 5.75 Å². The van der Waals surface area contributed by atoms with Crippen LogP contribution in [-0.2, 0) is 10.9 Å². The minimum atomic E-state index is -4.41. The molecule has 0 aliphatic heterocycles. The molecule has 0 saturated carbocycles. The maximum Gasteiger partial charge on any atom is 0.416 e. The summed E-state index contributed by atoms with van der Waals surface area (Å²) in [6.45, 7) is 11.6. The highest BCUT2D eigenvalue weighted by molar-refractivity contribution is 5.67. The Hall–Kier alpha value is -1.65. The van der Waals surface area contributed by atoms with E-state index in [9.17, 15) is 13.2 Å². The quantitative estimate of drug-likeness (QED) is 0.724. The molecule has 118 valence electrons. The summed E-state index contributed by atoms with van der Waals surface area (Å²) in [6.07, 6.45) is -4.41. The molecule has 1 aromatic carbocycles. The molecule has 0 aliphatic carbocycles. The first kappa shape index (κ1) is 17.4. The normalized spacial score (nSPS) is 12.2. The highest BCUT2D eigenvalue weighted by Gasteiger charge is 2.34. The van der Waals surface area contributed by atoms with Gasteiger partial charge in [0.1, 0.15) is 11.5 Å². The van der Waals surface area contributed by atoms with Gasteiger partial charge in [-0.15, -0.1) is 0 Å². The summed E-state index contributed by atoms with van der Waals surface area (Å²) in [7, 11) is 1.34. The van der Waals surface area contributed by atoms with Crippen molar-refractivity contribution in [2.45, 2.75) is 33.9 Å². The van der Waals surface area contributed by atoms with Crippen LogP contribution in [0.15, 0.2) is 18.7 Å². The molecular formula is C16H21F3O2. The number of ether oxygens (including phenoxy) is 2. The summed E-state index contributed by atoms with van der Waals surface area (Å²) >= 11 is 0. The van der Waals surface area contributed by atoms with Crippen molar-refractivity contribution in [3.63, 3.8) is 0 Å². The largest absolute Gasteiger partial charge is 0.496 e. The van der Waals surface area contributed by atoms with Crippen molar-refractivity contribution in [1.82, 2.24) is 0 Å². The van der Waals surface area contributed by atoms with Crippen LogP contribution in [0.4, 0.5) is 13.2 Å². The lowest BCUT2D eigenvalue weighted by molar-refractivity contribution is -0.138. The first-order valence-corrected chi connectivity index (χ1v) is 6.54. The molecule has 0 unspecified atom stereocenters. The van der Waals surface area contributed by atoms with E-state index in [2.05, 4.69) is 6.58 Å². The van der Waals surface area contributed by atoms with Gasteiger partial charge in [0.25, 0.3) is 0 Å². The lowest BCUT2D eigenvalue weighted by Gasteiger charge is -2.22. The molecule has 0 aliphatic rings. The second kappa shape index (κ2) is 6.00. The van der Waals surface area contributed by atoms with Gasteiger partial charge in [-0.1, -0.05) is 27.4 Å². The lowest BCUT2D eigenvalue weighted by atomic mass is 9.98. The Labute approximate surface area is 123 Å². The molecule has 5 heteroatoms. The van der Waals surface area contributed by atoms with Gasteiger partial charge in [0.2, 0.25) is 0 Å². The molecule has 0 radical (unpaired) electrons. The molecule has 0 fully saturated rings. The number of benzene rings is 1. The van der Waals surface area contributed by atoms with Gasteiger partial charge in [0, 0.05) is 5.56 Å². The Balaban J connectivity index is 3.15. The standard InChI is InChI=1S/C16H21F3O2/c1-10-13(16(17,18)19)8-7-12(14(10)20-6)11(2)21-9-15(3,4)5/h7-8H,2,9H2,1,3-6H3. The maximum atomic E-state index is 12.9. The van der Waals surface area contributed by atoms with Gasteiger partial charge in [-0.05, 0) is 24.5 Å². The Morgan fingerprint density at radius 1 is 1.19 bits per heavy atom. The van der Waals surface area contributed by atoms with E-state index in [4.69, 9.17) is 9.47 Å². The first-order valence-electron chi connectivity index (χ1n) is 6.54. The highest BCUT2D eigenvalue weighted by Crippen LogP contribution is 2.39. The van der Waals surface area contributed by atoms with Crippen molar-refractivity contribution in [1.29, 1.82) is 0 Å². The SMILES string of the molecule is C=C(OCC(C)(C)C)c1ccc(C(F)(F)F)c(C)c1OC. The smallest absolute Gasteiger partial charge is 0.416 e. The minimum absolute atomic E-state index is 0.0306. The highest BCUT2D eigenvalue weighted by atomic mass is 19.4. The van der Waals surface area contributed by atoms with Gasteiger partial charge in [0.05, 0.1) is 24.8 Å². The molecule has 0 saturated heterocycles. The number of rotatable bonds is 4. The molecule has 0 bridgehead atoms. The van der Waals surface area contributed by atoms with Crippen LogP contribution in [0, 0.1) is 12.3 Å². The number of halogens is 3. The van der Waals surface area contributed by atoms with Crippen molar-refractivity contribution in [2.75, 3.05) is 13.7 Å². The van der Waals surface area contributed by atoms with Crippen LogP contribution in [0.25, 0.3) is 5.76 Å². The molecular weight excluding hydrogens is 281 g/mol. The van der Waals surface area contributed by atoms with E-state index in [1.54, 1.807) is 0 Å². The van der Waals surface area contributed by atoms with Crippen molar-refractivity contribution < 1.29 is 22.6 Å². The fourth-order valence-corrected chi connectivity index (χ4v) is 1.86. The summed E-state index contributed by atoms with van der Waals surface area (Å²) in [5, 5.41) is 0. The van der Waals surface area contributed by atoms with Crippen LogP contribution in [0.5, 0.6) is 5.75 Å². The predicted molar refractivity (Wildman–Crippen MR) is 77.2 cm³/mol. The van der Waals surface area contributed by atoms with Crippen LogP contribution in [-0.4, -0.2) is 13.7 Å². The maximum absolute atomic E-state index is 12.9. The summed E-state index contributed by atoms with van der Waals surface area (Å²) < 4.78 is 49.4. The van der Waals surface area contributed by atoms with Gasteiger partial charge in [-0.3, -0.25) is 0 Å². The lowest BCUT2D eigenvalue weighted by Crippen LogP contribution is -2.14. The van der Waals surface area contributed by atoms with E-state index in [1.807, 2.05) is 20.8 Å². The Kier molecular flexibility index (Phi) is 4.97. The Bertz CT molecular complexity index is 526. The zero-order chi connectivity index (χ0) is 16.4. The van der Waals surface area contributed by atoms with Crippen LogP contribution in [0.2, 0.25) is 0 Å².